The summed E-state index contributed by atoms with van der Waals surface area (Å²) in [6.45, 7) is 0. The number of thioether (sulfide) groups is 1. The first-order chi connectivity index (χ1) is 7.81. The van der Waals surface area contributed by atoms with Gasteiger partial charge in [0.1, 0.15) is 6.04 Å². The molecular weight excluding hydrogens is 222 g/mol. The van der Waals surface area contributed by atoms with Gasteiger partial charge in [-0.05, 0) is 11.8 Å². The summed E-state index contributed by atoms with van der Waals surface area (Å²) in [6.07, 6.45) is 1.99. The van der Waals surface area contributed by atoms with Gasteiger partial charge in [-0.25, -0.2) is 0 Å². The molecule has 0 amide bonds. The van der Waals surface area contributed by atoms with Crippen LogP contribution in [0.25, 0.3) is 0 Å². The third-order valence-electron chi connectivity index (χ3n) is 2.18. The molecule has 2 aromatic rings. The highest BCUT2D eigenvalue weighted by Crippen LogP contribution is 2.18. The van der Waals surface area contributed by atoms with Gasteiger partial charge in [0.2, 0.25) is 5.89 Å². The van der Waals surface area contributed by atoms with E-state index in [1.54, 1.807) is 11.8 Å². The van der Waals surface area contributed by atoms with Crippen LogP contribution in [0.5, 0.6) is 0 Å². The fraction of sp³-hybridized carbons (Fsp3) is 0.273. The molecule has 0 saturated heterocycles. The summed E-state index contributed by atoms with van der Waals surface area (Å²) in [4.78, 5) is 4.25. The zero-order valence-corrected chi connectivity index (χ0v) is 9.78. The van der Waals surface area contributed by atoms with Crippen molar-refractivity contribution in [2.45, 2.75) is 11.8 Å². The van der Waals surface area contributed by atoms with E-state index in [-0.39, 0.29) is 6.04 Å². The summed E-state index contributed by atoms with van der Waals surface area (Å²) >= 11 is 1.65. The summed E-state index contributed by atoms with van der Waals surface area (Å²) in [6, 6.07) is 9.38. The van der Waals surface area contributed by atoms with E-state index in [1.165, 1.54) is 0 Å². The van der Waals surface area contributed by atoms with Crippen LogP contribution < -0.4 is 5.73 Å². The Balaban J connectivity index is 2.17. The Morgan fingerprint density at radius 3 is 2.81 bits per heavy atom. The number of hydrogen-bond acceptors (Lipinski definition) is 5. The van der Waals surface area contributed by atoms with Crippen molar-refractivity contribution in [3.8, 4) is 0 Å². The normalized spacial score (nSPS) is 12.6. The van der Waals surface area contributed by atoms with Gasteiger partial charge in [0.25, 0.3) is 0 Å². The van der Waals surface area contributed by atoms with Gasteiger partial charge in [-0.2, -0.15) is 16.7 Å². The van der Waals surface area contributed by atoms with E-state index in [4.69, 9.17) is 10.3 Å². The summed E-state index contributed by atoms with van der Waals surface area (Å²) < 4.78 is 5.13. The SMILES string of the molecule is CSCc1noc([C@H](N)c2ccccc2)n1. The quantitative estimate of drug-likeness (QED) is 0.877. The van der Waals surface area contributed by atoms with Crippen molar-refractivity contribution in [1.82, 2.24) is 10.1 Å². The minimum atomic E-state index is -0.343. The molecule has 0 radical (unpaired) electrons. The molecule has 1 heterocycles. The third kappa shape index (κ3) is 2.43. The molecule has 0 aliphatic carbocycles. The number of aromatic nitrogens is 2. The lowest BCUT2D eigenvalue weighted by atomic mass is 10.1. The Labute approximate surface area is 98.2 Å². The molecule has 16 heavy (non-hydrogen) atoms. The van der Waals surface area contributed by atoms with Gasteiger partial charge in [0, 0.05) is 0 Å². The van der Waals surface area contributed by atoms with Crippen LogP contribution in [0.3, 0.4) is 0 Å². The lowest BCUT2D eigenvalue weighted by Gasteiger charge is -2.05. The molecule has 0 unspecified atom stereocenters. The highest BCUT2D eigenvalue weighted by molar-refractivity contribution is 7.97. The molecule has 0 aliphatic heterocycles. The maximum absolute atomic E-state index is 6.02. The van der Waals surface area contributed by atoms with Crippen molar-refractivity contribution in [1.29, 1.82) is 0 Å². The number of benzene rings is 1. The van der Waals surface area contributed by atoms with Gasteiger partial charge in [-0.15, -0.1) is 0 Å². The molecule has 0 aliphatic rings. The maximum Gasteiger partial charge on any atom is 0.248 e. The van der Waals surface area contributed by atoms with Gasteiger partial charge in [0.05, 0.1) is 5.75 Å². The second kappa shape index (κ2) is 5.14. The number of rotatable bonds is 4. The topological polar surface area (TPSA) is 64.9 Å². The van der Waals surface area contributed by atoms with Crippen LogP contribution >= 0.6 is 11.8 Å². The second-order valence-corrected chi connectivity index (χ2v) is 4.24. The van der Waals surface area contributed by atoms with Crippen molar-refractivity contribution in [2.75, 3.05) is 6.26 Å². The number of hydrogen-bond donors (Lipinski definition) is 1. The van der Waals surface area contributed by atoms with Crippen LogP contribution in [-0.2, 0) is 5.75 Å². The maximum atomic E-state index is 6.02. The molecule has 0 bridgehead atoms. The molecule has 1 atom stereocenters. The fourth-order valence-corrected chi connectivity index (χ4v) is 1.76. The Kier molecular flexibility index (Phi) is 3.58. The summed E-state index contributed by atoms with van der Waals surface area (Å²) in [5.74, 6) is 1.90. The molecule has 5 heteroatoms. The Bertz CT molecular complexity index is 444. The number of nitrogens with two attached hydrogens (primary N) is 1. The molecule has 0 fully saturated rings. The Morgan fingerprint density at radius 1 is 1.38 bits per heavy atom. The zero-order chi connectivity index (χ0) is 11.4. The van der Waals surface area contributed by atoms with E-state index >= 15 is 0 Å². The van der Waals surface area contributed by atoms with E-state index in [9.17, 15) is 0 Å². The first-order valence-corrected chi connectivity index (χ1v) is 6.32. The first kappa shape index (κ1) is 11.2. The average molecular weight is 235 g/mol. The zero-order valence-electron chi connectivity index (χ0n) is 8.96. The monoisotopic (exact) mass is 235 g/mol. The van der Waals surface area contributed by atoms with Gasteiger partial charge >= 0.3 is 0 Å². The van der Waals surface area contributed by atoms with Crippen LogP contribution in [0.15, 0.2) is 34.9 Å². The van der Waals surface area contributed by atoms with E-state index < -0.39 is 0 Å². The lowest BCUT2D eigenvalue weighted by Crippen LogP contribution is -2.12. The van der Waals surface area contributed by atoms with Crippen molar-refractivity contribution in [3.63, 3.8) is 0 Å². The highest BCUT2D eigenvalue weighted by Gasteiger charge is 2.15. The standard InChI is InChI=1S/C11H13N3OS/c1-16-7-9-13-11(15-14-9)10(12)8-5-3-2-4-6-8/h2-6,10H,7,12H2,1H3/t10-/m1/s1. The van der Waals surface area contributed by atoms with Gasteiger partial charge in [0.15, 0.2) is 5.82 Å². The third-order valence-corrected chi connectivity index (χ3v) is 2.73. The average Bonchev–Trinajstić information content (AvgIpc) is 2.78. The molecular formula is C11H13N3OS. The second-order valence-electron chi connectivity index (χ2n) is 3.37. The molecule has 2 N–H and O–H groups in total. The van der Waals surface area contributed by atoms with E-state index in [0.717, 1.165) is 11.3 Å². The molecule has 2 rings (SSSR count). The Hall–Kier alpha value is -1.33. The summed E-state index contributed by atoms with van der Waals surface area (Å²) in [7, 11) is 0. The minimum Gasteiger partial charge on any atom is -0.337 e. The molecule has 1 aromatic heterocycles. The highest BCUT2D eigenvalue weighted by atomic mass is 32.2. The van der Waals surface area contributed by atoms with Gasteiger partial charge in [-0.1, -0.05) is 35.5 Å². The Morgan fingerprint density at radius 2 is 2.12 bits per heavy atom. The fourth-order valence-electron chi connectivity index (χ4n) is 1.38. The predicted molar refractivity (Wildman–Crippen MR) is 64.0 cm³/mol. The van der Waals surface area contributed by atoms with Gasteiger partial charge in [-0.3, -0.25) is 0 Å². The predicted octanol–water partition coefficient (Wildman–Crippen LogP) is 1.98. The molecule has 0 saturated carbocycles. The van der Waals surface area contributed by atoms with E-state index in [0.29, 0.717) is 11.7 Å². The molecule has 1 aromatic carbocycles. The summed E-state index contributed by atoms with van der Waals surface area (Å²) in [5.41, 5.74) is 7.00. The van der Waals surface area contributed by atoms with E-state index in [1.807, 2.05) is 36.6 Å². The molecule has 0 spiro atoms. The van der Waals surface area contributed by atoms with Crippen LogP contribution in [0.4, 0.5) is 0 Å². The van der Waals surface area contributed by atoms with Crippen molar-refractivity contribution in [3.05, 3.63) is 47.6 Å². The molecule has 84 valence electrons. The minimum absolute atomic E-state index is 0.343. The van der Waals surface area contributed by atoms with Crippen LogP contribution in [-0.4, -0.2) is 16.4 Å². The summed E-state index contributed by atoms with van der Waals surface area (Å²) in [5, 5.41) is 3.87. The molecule has 4 nitrogen and oxygen atoms in total. The largest absolute Gasteiger partial charge is 0.337 e. The van der Waals surface area contributed by atoms with Crippen molar-refractivity contribution >= 4 is 11.8 Å². The van der Waals surface area contributed by atoms with Crippen LogP contribution in [0.1, 0.15) is 23.3 Å². The van der Waals surface area contributed by atoms with Crippen LogP contribution in [0.2, 0.25) is 0 Å². The van der Waals surface area contributed by atoms with Crippen molar-refractivity contribution < 1.29 is 4.52 Å². The van der Waals surface area contributed by atoms with Gasteiger partial charge < -0.3 is 10.3 Å². The van der Waals surface area contributed by atoms with Crippen molar-refractivity contribution in [2.24, 2.45) is 5.73 Å². The smallest absolute Gasteiger partial charge is 0.248 e. The number of nitrogens with zero attached hydrogens (tertiary/aromatic N) is 2. The van der Waals surface area contributed by atoms with E-state index in [2.05, 4.69) is 10.1 Å². The first-order valence-electron chi connectivity index (χ1n) is 4.93. The lowest BCUT2D eigenvalue weighted by molar-refractivity contribution is 0.363. The van der Waals surface area contributed by atoms with Crippen LogP contribution in [0, 0.1) is 0 Å².